The van der Waals surface area contributed by atoms with E-state index in [1.165, 1.54) is 10.4 Å². The Kier molecular flexibility index (Phi) is 6.74. The summed E-state index contributed by atoms with van der Waals surface area (Å²) in [5, 5.41) is 2.60. The van der Waals surface area contributed by atoms with Crippen LogP contribution in [0.15, 0.2) is 60.7 Å². The van der Waals surface area contributed by atoms with Gasteiger partial charge in [-0.25, -0.2) is 0 Å². The van der Waals surface area contributed by atoms with E-state index in [-0.39, 0.29) is 11.1 Å². The fraction of sp³-hybridized carbons (Fsp3) is 0.409. The van der Waals surface area contributed by atoms with Crippen LogP contribution in [0.1, 0.15) is 47.0 Å². The summed E-state index contributed by atoms with van der Waals surface area (Å²) in [4.78, 5) is 10.6. The highest BCUT2D eigenvalue weighted by atomic mass is 28.4. The molecule has 0 aliphatic heterocycles. The van der Waals surface area contributed by atoms with E-state index < -0.39 is 8.32 Å². The Morgan fingerprint density at radius 3 is 1.84 bits per heavy atom. The van der Waals surface area contributed by atoms with E-state index in [4.69, 9.17) is 4.43 Å². The zero-order chi connectivity index (χ0) is 18.3. The molecule has 0 aromatic heterocycles. The molecule has 0 bridgehead atoms. The predicted molar refractivity (Wildman–Crippen MR) is 108 cm³/mol. The van der Waals surface area contributed by atoms with E-state index in [2.05, 4.69) is 88.4 Å². The molecule has 0 aliphatic carbocycles. The van der Waals surface area contributed by atoms with Crippen molar-refractivity contribution in [1.82, 2.24) is 0 Å². The third kappa shape index (κ3) is 4.47. The molecular weight excluding hydrogens is 324 g/mol. The zero-order valence-corrected chi connectivity index (χ0v) is 16.9. The molecule has 2 rings (SSSR count). The van der Waals surface area contributed by atoms with Crippen LogP contribution in [-0.4, -0.2) is 20.7 Å². The molecule has 0 fully saturated rings. The van der Waals surface area contributed by atoms with Crippen LogP contribution in [0.5, 0.6) is 0 Å². The Bertz CT molecular complexity index is 607. The van der Waals surface area contributed by atoms with Crippen molar-refractivity contribution in [3.8, 4) is 0 Å². The Hall–Kier alpha value is -1.71. The molecule has 2 nitrogen and oxygen atoms in total. The number of carbonyl (C=O) groups is 1. The first-order valence-corrected chi connectivity index (χ1v) is 11.0. The molecule has 0 radical (unpaired) electrons. The summed E-state index contributed by atoms with van der Waals surface area (Å²) in [6.45, 7) is 9.01. The molecule has 0 unspecified atom stereocenters. The number of benzene rings is 2. The van der Waals surface area contributed by atoms with Gasteiger partial charge < -0.3 is 9.22 Å². The second kappa shape index (κ2) is 8.59. The topological polar surface area (TPSA) is 26.3 Å². The first kappa shape index (κ1) is 19.6. The molecule has 0 spiro atoms. The van der Waals surface area contributed by atoms with Crippen molar-refractivity contribution in [1.29, 1.82) is 0 Å². The molecule has 0 aliphatic rings. The van der Waals surface area contributed by atoms with E-state index in [1.54, 1.807) is 0 Å². The largest absolute Gasteiger partial charge is 0.405 e. The second-order valence-corrected chi connectivity index (χ2v) is 11.9. The Morgan fingerprint density at radius 2 is 1.44 bits per heavy atom. The molecule has 134 valence electrons. The van der Waals surface area contributed by atoms with Gasteiger partial charge in [-0.2, -0.15) is 0 Å². The maximum absolute atomic E-state index is 10.6. The highest BCUT2D eigenvalue weighted by molar-refractivity contribution is 6.99. The van der Waals surface area contributed by atoms with E-state index in [1.807, 2.05) is 0 Å². The Morgan fingerprint density at radius 1 is 0.960 bits per heavy atom. The number of unbranched alkanes of at least 4 members (excludes halogenated alkanes) is 1. The predicted octanol–water partition coefficient (Wildman–Crippen LogP) is 4.32. The SMILES string of the molecule is C[C@H](CCCC=O)O[Si](c1ccccc1)(c1ccccc1)C(C)(C)C. The van der Waals surface area contributed by atoms with Crippen LogP contribution in [0.25, 0.3) is 0 Å². The van der Waals surface area contributed by atoms with Crippen LogP contribution >= 0.6 is 0 Å². The lowest BCUT2D eigenvalue weighted by molar-refractivity contribution is -0.108. The number of carbonyl (C=O) groups excluding carboxylic acids is 1. The quantitative estimate of drug-likeness (QED) is 0.401. The number of aldehydes is 1. The van der Waals surface area contributed by atoms with Gasteiger partial charge in [0.05, 0.1) is 0 Å². The van der Waals surface area contributed by atoms with Gasteiger partial charge in [0.2, 0.25) is 0 Å². The van der Waals surface area contributed by atoms with E-state index in [0.29, 0.717) is 6.42 Å². The number of rotatable bonds is 8. The van der Waals surface area contributed by atoms with Crippen LogP contribution in [0.2, 0.25) is 5.04 Å². The smallest absolute Gasteiger partial charge is 0.261 e. The minimum absolute atomic E-state index is 0.00533. The van der Waals surface area contributed by atoms with Gasteiger partial charge >= 0.3 is 0 Å². The van der Waals surface area contributed by atoms with Gasteiger partial charge in [-0.05, 0) is 35.2 Å². The number of hydrogen-bond acceptors (Lipinski definition) is 2. The van der Waals surface area contributed by atoms with Crippen LogP contribution in [-0.2, 0) is 9.22 Å². The minimum atomic E-state index is -2.46. The molecule has 25 heavy (non-hydrogen) atoms. The highest BCUT2D eigenvalue weighted by Crippen LogP contribution is 2.37. The minimum Gasteiger partial charge on any atom is -0.405 e. The average molecular weight is 355 g/mol. The summed E-state index contributed by atoms with van der Waals surface area (Å²) >= 11 is 0. The van der Waals surface area contributed by atoms with Gasteiger partial charge in [-0.3, -0.25) is 0 Å². The van der Waals surface area contributed by atoms with Crippen LogP contribution < -0.4 is 10.4 Å². The maximum Gasteiger partial charge on any atom is 0.261 e. The fourth-order valence-corrected chi connectivity index (χ4v) is 8.28. The molecule has 0 saturated heterocycles. The summed E-state index contributed by atoms with van der Waals surface area (Å²) in [7, 11) is -2.46. The summed E-state index contributed by atoms with van der Waals surface area (Å²) in [6, 6.07) is 21.4. The molecule has 3 heteroatoms. The van der Waals surface area contributed by atoms with Crippen molar-refractivity contribution in [2.45, 2.75) is 58.1 Å². The molecule has 0 saturated carbocycles. The fourth-order valence-electron chi connectivity index (χ4n) is 3.54. The summed E-state index contributed by atoms with van der Waals surface area (Å²) < 4.78 is 6.94. The summed E-state index contributed by atoms with van der Waals surface area (Å²) in [5.74, 6) is 0. The van der Waals surface area contributed by atoms with Gasteiger partial charge in [0, 0.05) is 12.5 Å². The first-order chi connectivity index (χ1) is 11.9. The monoisotopic (exact) mass is 354 g/mol. The Labute approximate surface area is 153 Å². The van der Waals surface area contributed by atoms with Crippen LogP contribution in [0.4, 0.5) is 0 Å². The Balaban J connectivity index is 2.51. The molecule has 0 N–H and O–H groups in total. The van der Waals surface area contributed by atoms with E-state index >= 15 is 0 Å². The van der Waals surface area contributed by atoms with Gasteiger partial charge in [-0.1, -0.05) is 81.4 Å². The summed E-state index contributed by atoms with van der Waals surface area (Å²) in [5.41, 5.74) is 0. The average Bonchev–Trinajstić information content (AvgIpc) is 2.60. The molecule has 0 amide bonds. The lowest BCUT2D eigenvalue weighted by Crippen LogP contribution is -2.67. The van der Waals surface area contributed by atoms with Crippen molar-refractivity contribution in [3.63, 3.8) is 0 Å². The molecule has 0 heterocycles. The van der Waals surface area contributed by atoms with Crippen molar-refractivity contribution in [3.05, 3.63) is 60.7 Å². The van der Waals surface area contributed by atoms with Gasteiger partial charge in [0.25, 0.3) is 8.32 Å². The van der Waals surface area contributed by atoms with Crippen LogP contribution in [0.3, 0.4) is 0 Å². The molecular formula is C22H30O2Si. The van der Waals surface area contributed by atoms with E-state index in [9.17, 15) is 4.79 Å². The lowest BCUT2D eigenvalue weighted by atomic mass is 10.2. The van der Waals surface area contributed by atoms with E-state index in [0.717, 1.165) is 19.1 Å². The first-order valence-electron chi connectivity index (χ1n) is 9.14. The molecule has 1 atom stereocenters. The number of hydrogen-bond donors (Lipinski definition) is 0. The zero-order valence-electron chi connectivity index (χ0n) is 15.9. The standard InChI is InChI=1S/C22H30O2Si/c1-19(13-11-12-18-23)24-25(22(2,3)4,20-14-7-5-8-15-20)21-16-9-6-10-17-21/h5-10,14-19H,11-13H2,1-4H3/t19-/m1/s1. The van der Waals surface area contributed by atoms with Crippen LogP contribution in [0, 0.1) is 0 Å². The van der Waals surface area contributed by atoms with Crippen molar-refractivity contribution >= 4 is 25.0 Å². The molecule has 2 aromatic rings. The normalized spacial score (nSPS) is 13.4. The third-order valence-corrected chi connectivity index (χ3v) is 9.89. The molecule has 2 aromatic carbocycles. The van der Waals surface area contributed by atoms with Gasteiger partial charge in [-0.15, -0.1) is 0 Å². The summed E-state index contributed by atoms with van der Waals surface area (Å²) in [6.07, 6.45) is 3.50. The second-order valence-electron chi connectivity index (χ2n) is 7.69. The van der Waals surface area contributed by atoms with Crippen molar-refractivity contribution in [2.75, 3.05) is 0 Å². The van der Waals surface area contributed by atoms with Crippen molar-refractivity contribution in [2.24, 2.45) is 0 Å². The lowest BCUT2D eigenvalue weighted by Gasteiger charge is -2.44. The van der Waals surface area contributed by atoms with Gasteiger partial charge in [0.1, 0.15) is 6.29 Å². The van der Waals surface area contributed by atoms with Crippen molar-refractivity contribution < 1.29 is 9.22 Å². The van der Waals surface area contributed by atoms with Gasteiger partial charge in [0.15, 0.2) is 0 Å². The highest BCUT2D eigenvalue weighted by Gasteiger charge is 2.50. The third-order valence-electron chi connectivity index (χ3n) is 4.73. The maximum atomic E-state index is 10.6.